The molecule has 0 aliphatic heterocycles. The number of furan rings is 1. The van der Waals surface area contributed by atoms with Crippen LogP contribution in [0.2, 0.25) is 0 Å². The fourth-order valence-electron chi connectivity index (χ4n) is 1.91. The first-order valence-corrected chi connectivity index (χ1v) is 6.06. The third kappa shape index (κ3) is 3.00. The van der Waals surface area contributed by atoms with Crippen LogP contribution in [0.4, 0.5) is 0 Å². The highest BCUT2D eigenvalue weighted by Crippen LogP contribution is 2.25. The number of pyridine rings is 1. The molecule has 0 aliphatic rings. The van der Waals surface area contributed by atoms with Crippen molar-refractivity contribution in [3.05, 3.63) is 24.1 Å². The molecule has 5 heteroatoms. The van der Waals surface area contributed by atoms with Gasteiger partial charge in [-0.2, -0.15) is 0 Å². The summed E-state index contributed by atoms with van der Waals surface area (Å²) >= 11 is 0. The predicted octanol–water partition coefficient (Wildman–Crippen LogP) is 1.39. The smallest absolute Gasteiger partial charge is 0.291 e. The summed E-state index contributed by atoms with van der Waals surface area (Å²) in [4.78, 5) is 6.50. The standard InChI is InChI=1S/C13H18N2O3/c1-15(7-8-16)6-2-3-10-4-5-11-12(14-10)9-18-13(11)17/h4-5,9,16-17H,2-3,6-8H2,1H3. The number of aryl methyl sites for hydroxylation is 1. The Morgan fingerprint density at radius 3 is 2.94 bits per heavy atom. The molecule has 0 aliphatic carbocycles. The summed E-state index contributed by atoms with van der Waals surface area (Å²) in [6.45, 7) is 1.81. The molecule has 0 spiro atoms. The van der Waals surface area contributed by atoms with Gasteiger partial charge in [0.05, 0.1) is 12.0 Å². The van der Waals surface area contributed by atoms with E-state index >= 15 is 0 Å². The molecule has 0 amide bonds. The van der Waals surface area contributed by atoms with Crippen LogP contribution in [-0.4, -0.2) is 46.8 Å². The van der Waals surface area contributed by atoms with Gasteiger partial charge < -0.3 is 19.5 Å². The number of aromatic hydroxyl groups is 1. The largest absolute Gasteiger partial charge is 0.480 e. The second kappa shape index (κ2) is 5.84. The van der Waals surface area contributed by atoms with Gasteiger partial charge in [0.15, 0.2) is 0 Å². The molecule has 0 fully saturated rings. The quantitative estimate of drug-likeness (QED) is 0.810. The maximum Gasteiger partial charge on any atom is 0.291 e. The van der Waals surface area contributed by atoms with Gasteiger partial charge in [0.1, 0.15) is 11.8 Å². The molecule has 0 radical (unpaired) electrons. The minimum Gasteiger partial charge on any atom is -0.480 e. The number of likely N-dealkylation sites (N-methyl/N-ethyl adjacent to an activating group) is 1. The van der Waals surface area contributed by atoms with Crippen molar-refractivity contribution < 1.29 is 14.6 Å². The van der Waals surface area contributed by atoms with Crippen LogP contribution in [0.1, 0.15) is 12.1 Å². The van der Waals surface area contributed by atoms with Gasteiger partial charge in [-0.25, -0.2) is 4.98 Å². The van der Waals surface area contributed by atoms with Crippen molar-refractivity contribution in [3.8, 4) is 5.95 Å². The Labute approximate surface area is 106 Å². The summed E-state index contributed by atoms with van der Waals surface area (Å²) in [7, 11) is 1.99. The Balaban J connectivity index is 1.92. The molecular formula is C13H18N2O3. The summed E-state index contributed by atoms with van der Waals surface area (Å²) in [6, 6.07) is 3.73. The molecule has 2 N–H and O–H groups in total. The topological polar surface area (TPSA) is 69.7 Å². The first-order chi connectivity index (χ1) is 8.70. The van der Waals surface area contributed by atoms with Crippen LogP contribution in [0.25, 0.3) is 10.9 Å². The van der Waals surface area contributed by atoms with Crippen LogP contribution in [0.3, 0.4) is 0 Å². The Hall–Kier alpha value is -1.59. The Morgan fingerprint density at radius 2 is 2.17 bits per heavy atom. The zero-order valence-electron chi connectivity index (χ0n) is 10.5. The van der Waals surface area contributed by atoms with Crippen molar-refractivity contribution in [3.63, 3.8) is 0 Å². The van der Waals surface area contributed by atoms with Gasteiger partial charge in [0, 0.05) is 12.2 Å². The van der Waals surface area contributed by atoms with E-state index in [0.29, 0.717) is 17.4 Å². The maximum atomic E-state index is 9.37. The normalized spacial score (nSPS) is 11.5. The maximum absolute atomic E-state index is 9.37. The van der Waals surface area contributed by atoms with Crippen LogP contribution >= 0.6 is 0 Å². The number of nitrogens with zero attached hydrogens (tertiary/aromatic N) is 2. The van der Waals surface area contributed by atoms with Crippen LogP contribution in [0.15, 0.2) is 22.8 Å². The van der Waals surface area contributed by atoms with Crippen LogP contribution in [0, 0.1) is 0 Å². The summed E-state index contributed by atoms with van der Waals surface area (Å²) in [5.41, 5.74) is 1.68. The number of rotatable bonds is 6. The highest BCUT2D eigenvalue weighted by Gasteiger charge is 2.06. The fourth-order valence-corrected chi connectivity index (χ4v) is 1.91. The molecule has 98 valence electrons. The zero-order chi connectivity index (χ0) is 13.0. The molecule has 2 aromatic heterocycles. The van der Waals surface area contributed by atoms with Crippen LogP contribution < -0.4 is 0 Å². The number of hydrogen-bond donors (Lipinski definition) is 2. The average Bonchev–Trinajstić information content (AvgIpc) is 2.71. The van der Waals surface area contributed by atoms with Gasteiger partial charge in [0.25, 0.3) is 5.95 Å². The van der Waals surface area contributed by atoms with Gasteiger partial charge in [-0.15, -0.1) is 0 Å². The number of hydrogen-bond acceptors (Lipinski definition) is 5. The van der Waals surface area contributed by atoms with Crippen molar-refractivity contribution in [2.45, 2.75) is 12.8 Å². The minimum absolute atomic E-state index is 0.0771. The monoisotopic (exact) mass is 250 g/mol. The lowest BCUT2D eigenvalue weighted by Gasteiger charge is -2.14. The van der Waals surface area contributed by atoms with E-state index < -0.39 is 0 Å². The SMILES string of the molecule is CN(CCO)CCCc1ccc2c(O)occ2n1. The molecule has 18 heavy (non-hydrogen) atoms. The first kappa shape index (κ1) is 12.9. The van der Waals surface area contributed by atoms with Gasteiger partial charge in [-0.05, 0) is 38.6 Å². The predicted molar refractivity (Wildman–Crippen MR) is 68.6 cm³/mol. The lowest BCUT2D eigenvalue weighted by atomic mass is 10.2. The van der Waals surface area contributed by atoms with Gasteiger partial charge in [-0.1, -0.05) is 0 Å². The highest BCUT2D eigenvalue weighted by molar-refractivity contribution is 5.82. The fraction of sp³-hybridized carbons (Fsp3) is 0.462. The number of aromatic nitrogens is 1. The molecule has 2 aromatic rings. The number of aliphatic hydroxyl groups is 1. The van der Waals surface area contributed by atoms with E-state index in [4.69, 9.17) is 9.52 Å². The van der Waals surface area contributed by atoms with E-state index in [1.165, 1.54) is 6.26 Å². The summed E-state index contributed by atoms with van der Waals surface area (Å²) in [5.74, 6) is -0.0771. The van der Waals surface area contributed by atoms with Gasteiger partial charge in [-0.3, -0.25) is 0 Å². The Morgan fingerprint density at radius 1 is 1.33 bits per heavy atom. The summed E-state index contributed by atoms with van der Waals surface area (Å²) < 4.78 is 4.90. The third-order valence-electron chi connectivity index (χ3n) is 2.95. The second-order valence-corrected chi connectivity index (χ2v) is 4.41. The van der Waals surface area contributed by atoms with E-state index in [1.807, 2.05) is 19.2 Å². The Bertz CT molecular complexity index is 510. The molecule has 0 aromatic carbocycles. The van der Waals surface area contributed by atoms with Crippen molar-refractivity contribution >= 4 is 10.9 Å². The number of aliphatic hydroxyl groups excluding tert-OH is 1. The first-order valence-electron chi connectivity index (χ1n) is 6.06. The van der Waals surface area contributed by atoms with Crippen molar-refractivity contribution in [1.29, 1.82) is 0 Å². The van der Waals surface area contributed by atoms with Gasteiger partial charge >= 0.3 is 0 Å². The lowest BCUT2D eigenvalue weighted by Crippen LogP contribution is -2.23. The van der Waals surface area contributed by atoms with E-state index in [1.54, 1.807) is 0 Å². The van der Waals surface area contributed by atoms with Crippen molar-refractivity contribution in [2.75, 3.05) is 26.7 Å². The lowest BCUT2D eigenvalue weighted by molar-refractivity contribution is 0.220. The zero-order valence-corrected chi connectivity index (χ0v) is 10.5. The molecule has 0 saturated heterocycles. The minimum atomic E-state index is -0.0771. The van der Waals surface area contributed by atoms with Crippen molar-refractivity contribution in [1.82, 2.24) is 9.88 Å². The summed E-state index contributed by atoms with van der Waals surface area (Å²) in [5, 5.41) is 18.8. The van der Waals surface area contributed by atoms with E-state index in [9.17, 15) is 5.11 Å². The molecule has 0 bridgehead atoms. The Kier molecular flexibility index (Phi) is 4.17. The molecule has 5 nitrogen and oxygen atoms in total. The molecular weight excluding hydrogens is 232 g/mol. The third-order valence-corrected chi connectivity index (χ3v) is 2.95. The van der Waals surface area contributed by atoms with Gasteiger partial charge in [0.2, 0.25) is 0 Å². The van der Waals surface area contributed by atoms with E-state index in [-0.39, 0.29) is 12.6 Å². The van der Waals surface area contributed by atoms with Crippen molar-refractivity contribution in [2.24, 2.45) is 0 Å². The van der Waals surface area contributed by atoms with E-state index in [0.717, 1.165) is 25.1 Å². The molecule has 2 heterocycles. The second-order valence-electron chi connectivity index (χ2n) is 4.41. The molecule has 2 rings (SSSR count). The highest BCUT2D eigenvalue weighted by atomic mass is 16.5. The van der Waals surface area contributed by atoms with Crippen LogP contribution in [0.5, 0.6) is 5.95 Å². The van der Waals surface area contributed by atoms with E-state index in [2.05, 4.69) is 9.88 Å². The molecule has 0 atom stereocenters. The molecule has 0 unspecified atom stereocenters. The summed E-state index contributed by atoms with van der Waals surface area (Å²) in [6.07, 6.45) is 3.32. The molecule has 0 saturated carbocycles. The average molecular weight is 250 g/mol. The number of fused-ring (bicyclic) bond motifs is 1. The van der Waals surface area contributed by atoms with Crippen LogP contribution in [-0.2, 0) is 6.42 Å².